The molecule has 0 aliphatic heterocycles. The van der Waals surface area contributed by atoms with E-state index in [4.69, 9.17) is 0 Å². The van der Waals surface area contributed by atoms with Gasteiger partial charge in [0.05, 0.1) is 17.1 Å². The van der Waals surface area contributed by atoms with E-state index in [1.807, 2.05) is 32.0 Å². The monoisotopic (exact) mass is 375 g/mol. The molecular formula is C19H25N3O3S. The Morgan fingerprint density at radius 1 is 1.04 bits per heavy atom. The maximum absolute atomic E-state index is 12.7. The van der Waals surface area contributed by atoms with Gasteiger partial charge < -0.3 is 5.32 Å². The third kappa shape index (κ3) is 5.12. The Kier molecular flexibility index (Phi) is 7.29. The molecule has 1 amide bonds. The van der Waals surface area contributed by atoms with Crippen molar-refractivity contribution >= 4 is 15.9 Å². The predicted octanol–water partition coefficient (Wildman–Crippen LogP) is 2.82. The van der Waals surface area contributed by atoms with Gasteiger partial charge in [0.2, 0.25) is 10.0 Å². The van der Waals surface area contributed by atoms with E-state index in [0.29, 0.717) is 25.2 Å². The Labute approximate surface area is 155 Å². The minimum absolute atomic E-state index is 0.209. The van der Waals surface area contributed by atoms with E-state index >= 15 is 0 Å². The lowest BCUT2D eigenvalue weighted by molar-refractivity contribution is 0.0950. The molecule has 0 bridgehead atoms. The van der Waals surface area contributed by atoms with Crippen LogP contribution in [0.2, 0.25) is 0 Å². The molecule has 0 atom stereocenters. The van der Waals surface area contributed by atoms with E-state index in [-0.39, 0.29) is 10.8 Å². The summed E-state index contributed by atoms with van der Waals surface area (Å²) in [5.74, 6) is -0.265. The summed E-state index contributed by atoms with van der Waals surface area (Å²) >= 11 is 0. The van der Waals surface area contributed by atoms with E-state index in [0.717, 1.165) is 18.5 Å². The fraction of sp³-hybridized carbons (Fsp3) is 0.368. The molecular weight excluding hydrogens is 350 g/mol. The van der Waals surface area contributed by atoms with Crippen LogP contribution in [0, 0.1) is 0 Å². The molecule has 0 aliphatic carbocycles. The Bertz CT molecular complexity index is 800. The third-order valence-corrected chi connectivity index (χ3v) is 5.77. The van der Waals surface area contributed by atoms with Crippen LogP contribution in [-0.4, -0.2) is 36.7 Å². The molecule has 0 unspecified atom stereocenters. The van der Waals surface area contributed by atoms with Crippen LogP contribution >= 0.6 is 0 Å². The van der Waals surface area contributed by atoms with Crippen LogP contribution in [0.3, 0.4) is 0 Å². The number of aromatic nitrogens is 1. The van der Waals surface area contributed by atoms with Crippen molar-refractivity contribution < 1.29 is 13.2 Å². The number of benzene rings is 1. The van der Waals surface area contributed by atoms with Gasteiger partial charge in [-0.1, -0.05) is 19.9 Å². The van der Waals surface area contributed by atoms with Gasteiger partial charge >= 0.3 is 0 Å². The lowest BCUT2D eigenvalue weighted by Gasteiger charge is -2.21. The van der Waals surface area contributed by atoms with Gasteiger partial charge in [0.25, 0.3) is 5.91 Å². The third-order valence-electron chi connectivity index (χ3n) is 3.86. The predicted molar refractivity (Wildman–Crippen MR) is 101 cm³/mol. The first-order chi connectivity index (χ1) is 12.5. The van der Waals surface area contributed by atoms with Crippen LogP contribution < -0.4 is 5.32 Å². The molecule has 2 aromatic rings. The van der Waals surface area contributed by atoms with E-state index in [1.165, 1.54) is 28.6 Å². The summed E-state index contributed by atoms with van der Waals surface area (Å²) in [6.45, 7) is 5.20. The number of rotatable bonds is 9. The van der Waals surface area contributed by atoms with Crippen LogP contribution in [0.15, 0.2) is 53.6 Å². The molecule has 0 saturated heterocycles. The van der Waals surface area contributed by atoms with E-state index in [9.17, 15) is 13.2 Å². The number of nitrogens with zero attached hydrogens (tertiary/aromatic N) is 2. The minimum Gasteiger partial charge on any atom is -0.346 e. The topological polar surface area (TPSA) is 79.4 Å². The maximum atomic E-state index is 12.7. The molecule has 26 heavy (non-hydrogen) atoms. The molecule has 0 aliphatic rings. The Balaban J connectivity index is 2.07. The Hall–Kier alpha value is -2.25. The second kappa shape index (κ2) is 9.45. The van der Waals surface area contributed by atoms with Crippen LogP contribution in [0.5, 0.6) is 0 Å². The molecule has 0 spiro atoms. The summed E-state index contributed by atoms with van der Waals surface area (Å²) in [6.07, 6.45) is 3.18. The quantitative estimate of drug-likeness (QED) is 0.731. The SMILES string of the molecule is CCCN(CCC)S(=O)(=O)c1ccc(C(=O)NCc2ccccn2)cc1. The molecule has 1 aromatic carbocycles. The van der Waals surface area contributed by atoms with Gasteiger partial charge in [-0.15, -0.1) is 0 Å². The summed E-state index contributed by atoms with van der Waals surface area (Å²) in [6, 6.07) is 11.5. The zero-order chi connectivity index (χ0) is 19.0. The van der Waals surface area contributed by atoms with Gasteiger partial charge in [-0.3, -0.25) is 9.78 Å². The summed E-state index contributed by atoms with van der Waals surface area (Å²) in [5, 5.41) is 2.78. The highest BCUT2D eigenvalue weighted by Crippen LogP contribution is 2.17. The smallest absolute Gasteiger partial charge is 0.251 e. The molecule has 0 radical (unpaired) electrons. The largest absolute Gasteiger partial charge is 0.346 e. The number of carbonyl (C=O) groups is 1. The van der Waals surface area contributed by atoms with Gasteiger partial charge in [0.15, 0.2) is 0 Å². The van der Waals surface area contributed by atoms with Gasteiger partial charge in [-0.25, -0.2) is 8.42 Å². The second-order valence-electron chi connectivity index (χ2n) is 5.93. The number of carbonyl (C=O) groups excluding carboxylic acids is 1. The lowest BCUT2D eigenvalue weighted by atomic mass is 10.2. The highest BCUT2D eigenvalue weighted by molar-refractivity contribution is 7.89. The van der Waals surface area contributed by atoms with Crippen molar-refractivity contribution in [2.45, 2.75) is 38.1 Å². The van der Waals surface area contributed by atoms with Crippen molar-refractivity contribution in [1.82, 2.24) is 14.6 Å². The van der Waals surface area contributed by atoms with E-state index < -0.39 is 10.0 Å². The Morgan fingerprint density at radius 3 is 2.23 bits per heavy atom. The second-order valence-corrected chi connectivity index (χ2v) is 7.87. The summed E-state index contributed by atoms with van der Waals surface area (Å²) < 4.78 is 26.9. The molecule has 0 fully saturated rings. The molecule has 7 heteroatoms. The molecule has 0 saturated carbocycles. The highest BCUT2D eigenvalue weighted by atomic mass is 32.2. The van der Waals surface area contributed by atoms with Crippen molar-refractivity contribution in [3.05, 3.63) is 59.9 Å². The molecule has 2 rings (SSSR count). The van der Waals surface area contributed by atoms with Crippen molar-refractivity contribution in [3.8, 4) is 0 Å². The summed E-state index contributed by atoms with van der Waals surface area (Å²) in [5.41, 5.74) is 1.17. The average molecular weight is 375 g/mol. The van der Waals surface area contributed by atoms with Gasteiger partial charge in [-0.2, -0.15) is 4.31 Å². The first kappa shape index (κ1) is 20.1. The van der Waals surface area contributed by atoms with Crippen molar-refractivity contribution in [3.63, 3.8) is 0 Å². The fourth-order valence-electron chi connectivity index (χ4n) is 2.55. The average Bonchev–Trinajstić information content (AvgIpc) is 2.67. The van der Waals surface area contributed by atoms with Crippen LogP contribution in [0.25, 0.3) is 0 Å². The first-order valence-corrected chi connectivity index (χ1v) is 10.2. The molecule has 1 N–H and O–H groups in total. The summed E-state index contributed by atoms with van der Waals surface area (Å²) in [7, 11) is -3.53. The molecule has 1 heterocycles. The van der Waals surface area contributed by atoms with Crippen molar-refractivity contribution in [2.24, 2.45) is 0 Å². The molecule has 6 nitrogen and oxygen atoms in total. The maximum Gasteiger partial charge on any atom is 0.251 e. The van der Waals surface area contributed by atoms with Gasteiger partial charge in [0.1, 0.15) is 0 Å². The lowest BCUT2D eigenvalue weighted by Crippen LogP contribution is -2.32. The number of amides is 1. The first-order valence-electron chi connectivity index (χ1n) is 8.77. The molecule has 1 aromatic heterocycles. The molecule has 140 valence electrons. The zero-order valence-corrected chi connectivity index (χ0v) is 16.0. The van der Waals surface area contributed by atoms with Gasteiger partial charge in [0, 0.05) is 24.8 Å². The highest BCUT2D eigenvalue weighted by Gasteiger charge is 2.23. The van der Waals surface area contributed by atoms with Crippen molar-refractivity contribution in [1.29, 1.82) is 0 Å². The summed E-state index contributed by atoms with van der Waals surface area (Å²) in [4.78, 5) is 16.6. The van der Waals surface area contributed by atoms with Crippen LogP contribution in [0.1, 0.15) is 42.7 Å². The van der Waals surface area contributed by atoms with Crippen LogP contribution in [0.4, 0.5) is 0 Å². The normalized spacial score (nSPS) is 11.5. The minimum atomic E-state index is -3.53. The van der Waals surface area contributed by atoms with E-state index in [1.54, 1.807) is 6.20 Å². The number of hydrogen-bond acceptors (Lipinski definition) is 4. The van der Waals surface area contributed by atoms with Gasteiger partial charge in [-0.05, 0) is 49.2 Å². The number of hydrogen-bond donors (Lipinski definition) is 1. The number of nitrogens with one attached hydrogen (secondary N) is 1. The number of pyridine rings is 1. The van der Waals surface area contributed by atoms with E-state index in [2.05, 4.69) is 10.3 Å². The standard InChI is InChI=1S/C19H25N3O3S/c1-3-13-22(14-4-2)26(24,25)18-10-8-16(9-11-18)19(23)21-15-17-7-5-6-12-20-17/h5-12H,3-4,13-15H2,1-2H3,(H,21,23). The zero-order valence-electron chi connectivity index (χ0n) is 15.2. The Morgan fingerprint density at radius 2 is 1.69 bits per heavy atom. The number of sulfonamides is 1. The van der Waals surface area contributed by atoms with Crippen LogP contribution in [-0.2, 0) is 16.6 Å². The van der Waals surface area contributed by atoms with Crippen molar-refractivity contribution in [2.75, 3.05) is 13.1 Å². The fourth-order valence-corrected chi connectivity index (χ4v) is 4.18.